The third kappa shape index (κ3) is 15.1. The topological polar surface area (TPSA) is 300 Å². The van der Waals surface area contributed by atoms with Gasteiger partial charge in [-0.2, -0.15) is 0 Å². The summed E-state index contributed by atoms with van der Waals surface area (Å²) in [6, 6.07) is -4.76. The van der Waals surface area contributed by atoms with Crippen LogP contribution in [0.4, 0.5) is 0 Å². The molecular formula is C21H42N10O6. The first-order chi connectivity index (χ1) is 17.3. The van der Waals surface area contributed by atoms with Crippen molar-refractivity contribution in [2.45, 2.75) is 70.1 Å². The molecule has 0 heterocycles. The van der Waals surface area contributed by atoms with Crippen LogP contribution in [-0.4, -0.2) is 89.7 Å². The molecule has 0 aromatic rings. The second-order valence-corrected chi connectivity index (χ2v) is 8.84. The molecule has 0 radical (unpaired) electrons. The number of aliphatic carboxylic acids is 1. The quantitative estimate of drug-likeness (QED) is 0.0462. The van der Waals surface area contributed by atoms with Gasteiger partial charge in [-0.25, -0.2) is 4.79 Å². The zero-order valence-corrected chi connectivity index (χ0v) is 21.4. The minimum absolute atomic E-state index is 0.0305. The molecule has 0 aromatic carbocycles. The number of carbonyl (C=O) groups excluding carboxylic acids is 3. The highest BCUT2D eigenvalue weighted by Gasteiger charge is 2.30. The van der Waals surface area contributed by atoms with Crippen LogP contribution in [0.25, 0.3) is 0 Å². The summed E-state index contributed by atoms with van der Waals surface area (Å²) in [4.78, 5) is 57.1. The molecule has 0 aromatic heterocycles. The van der Waals surface area contributed by atoms with Crippen LogP contribution < -0.4 is 44.6 Å². The van der Waals surface area contributed by atoms with Crippen LogP contribution in [0.1, 0.15) is 46.0 Å². The monoisotopic (exact) mass is 530 g/mol. The van der Waals surface area contributed by atoms with E-state index in [9.17, 15) is 29.4 Å². The Labute approximate surface area is 215 Å². The van der Waals surface area contributed by atoms with Gasteiger partial charge in [0.25, 0.3) is 0 Å². The second kappa shape index (κ2) is 17.7. The standard InChI is InChI=1S/C21H42N10O6/c1-11(2)9-14(19(36)37)30-18(35)15(10-32)31-17(34)13(6-4-8-28-21(25)26)29-16(33)12(22)5-3-7-27-20(23)24/h11-15,32H,3-10,22H2,1-2H3,(H,29,33)(H,30,35)(H,31,34)(H,36,37)(H4,23,24,27)(H4,25,26,28)/t12-,13-,14-,15-/m0/s1. The Morgan fingerprint density at radius 3 is 1.68 bits per heavy atom. The summed E-state index contributed by atoms with van der Waals surface area (Å²) < 4.78 is 0. The molecule has 0 unspecified atom stereocenters. The van der Waals surface area contributed by atoms with Gasteiger partial charge in [-0.3, -0.25) is 24.4 Å². The number of nitrogens with one attached hydrogen (secondary N) is 3. The lowest BCUT2D eigenvalue weighted by Crippen LogP contribution is -2.58. The summed E-state index contributed by atoms with van der Waals surface area (Å²) in [5.41, 5.74) is 27.0. The van der Waals surface area contributed by atoms with E-state index in [0.29, 0.717) is 12.8 Å². The van der Waals surface area contributed by atoms with Crippen LogP contribution in [0.2, 0.25) is 0 Å². The predicted octanol–water partition coefficient (Wildman–Crippen LogP) is -4.00. The van der Waals surface area contributed by atoms with Crippen LogP contribution in [-0.2, 0) is 19.2 Å². The first kappa shape index (κ1) is 33.3. The molecule has 0 aliphatic carbocycles. The Morgan fingerprint density at radius 1 is 0.757 bits per heavy atom. The van der Waals surface area contributed by atoms with Crippen LogP contribution in [0.5, 0.6) is 0 Å². The summed E-state index contributed by atoms with van der Waals surface area (Å²) in [7, 11) is 0. The van der Waals surface area contributed by atoms with Crippen molar-refractivity contribution in [3.05, 3.63) is 0 Å². The summed E-state index contributed by atoms with van der Waals surface area (Å²) in [5.74, 6) is -3.79. The number of carbonyl (C=O) groups is 4. The Hall–Kier alpha value is -3.66. The third-order valence-electron chi connectivity index (χ3n) is 5.02. The number of aliphatic imine (C=N–C) groups is 2. The van der Waals surface area contributed by atoms with E-state index in [1.54, 1.807) is 13.8 Å². The first-order valence-electron chi connectivity index (χ1n) is 11.9. The maximum absolute atomic E-state index is 12.9. The predicted molar refractivity (Wildman–Crippen MR) is 138 cm³/mol. The number of hydrogen-bond acceptors (Lipinski definition) is 8. The average Bonchev–Trinajstić information content (AvgIpc) is 2.80. The van der Waals surface area contributed by atoms with Crippen LogP contribution >= 0.6 is 0 Å². The number of aliphatic hydroxyl groups is 1. The van der Waals surface area contributed by atoms with Crippen molar-refractivity contribution in [2.24, 2.45) is 44.6 Å². The van der Waals surface area contributed by atoms with Crippen molar-refractivity contribution in [1.82, 2.24) is 16.0 Å². The van der Waals surface area contributed by atoms with Gasteiger partial charge in [-0.05, 0) is 38.0 Å². The molecule has 0 aliphatic rings. The maximum Gasteiger partial charge on any atom is 0.326 e. The van der Waals surface area contributed by atoms with Crippen molar-refractivity contribution in [3.63, 3.8) is 0 Å². The smallest absolute Gasteiger partial charge is 0.326 e. The number of hydrogen-bond donors (Lipinski definition) is 10. The zero-order chi connectivity index (χ0) is 28.5. The van der Waals surface area contributed by atoms with Gasteiger partial charge >= 0.3 is 5.97 Å². The van der Waals surface area contributed by atoms with Gasteiger partial charge in [0.05, 0.1) is 12.6 Å². The molecule has 16 heteroatoms. The van der Waals surface area contributed by atoms with Crippen LogP contribution in [0.3, 0.4) is 0 Å². The molecule has 4 atom stereocenters. The van der Waals surface area contributed by atoms with Crippen molar-refractivity contribution in [3.8, 4) is 0 Å². The van der Waals surface area contributed by atoms with Crippen molar-refractivity contribution in [1.29, 1.82) is 0 Å². The number of aliphatic hydroxyl groups excluding tert-OH is 1. The zero-order valence-electron chi connectivity index (χ0n) is 21.4. The van der Waals surface area contributed by atoms with E-state index >= 15 is 0 Å². The molecule has 0 saturated heterocycles. The number of guanidine groups is 2. The third-order valence-corrected chi connectivity index (χ3v) is 5.02. The lowest BCUT2D eigenvalue weighted by Gasteiger charge is -2.24. The number of carboxylic acid groups (broad SMARTS) is 1. The molecule has 15 N–H and O–H groups in total. The molecule has 0 spiro atoms. The molecular weight excluding hydrogens is 488 g/mol. The van der Waals surface area contributed by atoms with Gasteiger partial charge in [-0.15, -0.1) is 0 Å². The molecule has 0 aliphatic heterocycles. The number of nitrogens with two attached hydrogens (primary N) is 5. The normalized spacial score (nSPS) is 14.0. The molecule has 16 nitrogen and oxygen atoms in total. The van der Waals surface area contributed by atoms with Crippen LogP contribution in [0.15, 0.2) is 9.98 Å². The largest absolute Gasteiger partial charge is 0.480 e. The van der Waals surface area contributed by atoms with Gasteiger partial charge in [0, 0.05) is 13.1 Å². The summed E-state index contributed by atoms with van der Waals surface area (Å²) in [6.07, 6.45) is 1.18. The number of rotatable bonds is 18. The van der Waals surface area contributed by atoms with E-state index in [-0.39, 0.29) is 50.2 Å². The summed E-state index contributed by atoms with van der Waals surface area (Å²) >= 11 is 0. The number of nitrogens with zero attached hydrogens (tertiary/aromatic N) is 2. The van der Waals surface area contributed by atoms with Crippen molar-refractivity contribution in [2.75, 3.05) is 19.7 Å². The van der Waals surface area contributed by atoms with Gasteiger partial charge in [-0.1, -0.05) is 13.8 Å². The van der Waals surface area contributed by atoms with E-state index in [1.807, 2.05) is 0 Å². The maximum atomic E-state index is 12.9. The lowest BCUT2D eigenvalue weighted by atomic mass is 10.0. The average molecular weight is 531 g/mol. The molecule has 0 saturated carbocycles. The Kier molecular flexibility index (Phi) is 16.0. The van der Waals surface area contributed by atoms with E-state index < -0.39 is 54.5 Å². The molecule has 37 heavy (non-hydrogen) atoms. The lowest BCUT2D eigenvalue weighted by molar-refractivity contribution is -0.143. The van der Waals surface area contributed by atoms with Gasteiger partial charge in [0.2, 0.25) is 17.7 Å². The Morgan fingerprint density at radius 2 is 1.22 bits per heavy atom. The highest BCUT2D eigenvalue weighted by molar-refractivity contribution is 5.94. The van der Waals surface area contributed by atoms with E-state index in [1.165, 1.54) is 0 Å². The SMILES string of the molecule is CC(C)C[C@H](NC(=O)[C@H](CO)NC(=O)[C@H](CCCN=C(N)N)NC(=O)[C@@H](N)CCCN=C(N)N)C(=O)O. The van der Waals surface area contributed by atoms with E-state index in [0.717, 1.165) is 0 Å². The van der Waals surface area contributed by atoms with E-state index in [4.69, 9.17) is 28.7 Å². The number of carboxylic acids is 1. The molecule has 0 fully saturated rings. The van der Waals surface area contributed by atoms with Crippen molar-refractivity contribution < 1.29 is 29.4 Å². The summed E-state index contributed by atoms with van der Waals surface area (Å²) in [6.45, 7) is 3.22. The second-order valence-electron chi connectivity index (χ2n) is 8.84. The van der Waals surface area contributed by atoms with E-state index in [2.05, 4.69) is 25.9 Å². The summed E-state index contributed by atoms with van der Waals surface area (Å²) in [5, 5.41) is 26.2. The highest BCUT2D eigenvalue weighted by Crippen LogP contribution is 2.06. The molecule has 0 bridgehead atoms. The first-order valence-corrected chi connectivity index (χ1v) is 11.9. The number of amides is 3. The minimum atomic E-state index is -1.45. The Bertz CT molecular complexity index is 812. The molecule has 3 amide bonds. The van der Waals surface area contributed by atoms with Gasteiger partial charge in [0.1, 0.15) is 18.1 Å². The molecule has 0 rings (SSSR count). The Balaban J connectivity index is 5.33. The van der Waals surface area contributed by atoms with Crippen LogP contribution in [0, 0.1) is 5.92 Å². The fourth-order valence-electron chi connectivity index (χ4n) is 3.13. The van der Waals surface area contributed by atoms with Gasteiger partial charge in [0.15, 0.2) is 11.9 Å². The fraction of sp³-hybridized carbons (Fsp3) is 0.714. The minimum Gasteiger partial charge on any atom is -0.480 e. The van der Waals surface area contributed by atoms with Crippen molar-refractivity contribution >= 4 is 35.6 Å². The highest BCUT2D eigenvalue weighted by atomic mass is 16.4. The fourth-order valence-corrected chi connectivity index (χ4v) is 3.13. The van der Waals surface area contributed by atoms with Gasteiger partial charge < -0.3 is 54.8 Å². The molecule has 212 valence electrons.